The number of H-pyrrole nitrogens is 1. The van der Waals surface area contributed by atoms with E-state index in [1.165, 1.54) is 69.2 Å². The first-order chi connectivity index (χ1) is 21.2. The number of aromatic nitrogens is 2. The topological polar surface area (TPSA) is 114 Å². The molecule has 1 heterocycles. The summed E-state index contributed by atoms with van der Waals surface area (Å²) in [5, 5.41) is 8.88. The van der Waals surface area contributed by atoms with E-state index in [1.807, 2.05) is 0 Å². The molecule has 0 saturated carbocycles. The van der Waals surface area contributed by atoms with Crippen LogP contribution in [0, 0.1) is 0 Å². The molecule has 0 unspecified atom stereocenters. The highest BCUT2D eigenvalue weighted by Crippen LogP contribution is 2.34. The van der Waals surface area contributed by atoms with Gasteiger partial charge in [0.1, 0.15) is 5.69 Å². The van der Waals surface area contributed by atoms with Gasteiger partial charge in [-0.2, -0.15) is 0 Å². The van der Waals surface area contributed by atoms with Crippen molar-refractivity contribution in [3.63, 3.8) is 0 Å². The number of ether oxygens (including phenoxy) is 2. The molecule has 3 rings (SSSR count). The van der Waals surface area contributed by atoms with Crippen LogP contribution in [0.4, 0.5) is 16.3 Å². The Kier molecular flexibility index (Phi) is 14.7. The van der Waals surface area contributed by atoms with Crippen LogP contribution in [0.1, 0.15) is 88.4 Å². The highest BCUT2D eigenvalue weighted by Gasteiger charge is 2.24. The first-order valence-corrected chi connectivity index (χ1v) is 16.4. The van der Waals surface area contributed by atoms with Gasteiger partial charge < -0.3 is 20.1 Å². The number of carbonyl (C=O) groups is 2. The van der Waals surface area contributed by atoms with Crippen molar-refractivity contribution in [2.75, 3.05) is 18.5 Å². The number of halogens is 4. The van der Waals surface area contributed by atoms with Gasteiger partial charge in [-0.3, -0.25) is 9.89 Å². The van der Waals surface area contributed by atoms with Crippen LogP contribution in [0.15, 0.2) is 35.1 Å². The number of nitrogens with one attached hydrogen (secondary N) is 3. The second kappa shape index (κ2) is 18.2. The summed E-state index contributed by atoms with van der Waals surface area (Å²) in [6.45, 7) is 4.50. The molecule has 240 valence electrons. The van der Waals surface area contributed by atoms with Crippen molar-refractivity contribution >= 4 is 70.0 Å². The molecule has 1 amide bonds. The second-order valence-electron chi connectivity index (χ2n) is 10.2. The van der Waals surface area contributed by atoms with E-state index in [0.717, 1.165) is 23.9 Å². The van der Waals surface area contributed by atoms with E-state index in [0.29, 0.717) is 6.61 Å². The largest absolute Gasteiger partial charge is 0.462 e. The van der Waals surface area contributed by atoms with Gasteiger partial charge in [-0.25, -0.2) is 14.3 Å². The smallest absolute Gasteiger partial charge is 0.412 e. The Morgan fingerprint density at radius 2 is 1.45 bits per heavy atom. The van der Waals surface area contributed by atoms with Crippen LogP contribution in [0.25, 0.3) is 5.69 Å². The molecule has 0 saturated heterocycles. The van der Waals surface area contributed by atoms with Crippen molar-refractivity contribution in [1.29, 1.82) is 0 Å². The molecule has 0 spiro atoms. The number of amides is 1. The zero-order valence-electron chi connectivity index (χ0n) is 24.9. The third-order valence-corrected chi connectivity index (χ3v) is 7.89. The number of hydrogen-bond acceptors (Lipinski definition) is 6. The van der Waals surface area contributed by atoms with Crippen LogP contribution in [-0.2, 0) is 4.74 Å². The van der Waals surface area contributed by atoms with Gasteiger partial charge in [-0.15, -0.1) is 0 Å². The summed E-state index contributed by atoms with van der Waals surface area (Å²) in [6, 6.07) is 7.37. The predicted molar refractivity (Wildman–Crippen MR) is 178 cm³/mol. The minimum atomic E-state index is -0.859. The van der Waals surface area contributed by atoms with E-state index >= 15 is 0 Å². The fourth-order valence-corrected chi connectivity index (χ4v) is 5.65. The normalized spacial score (nSPS) is 11.0. The van der Waals surface area contributed by atoms with E-state index in [9.17, 15) is 14.4 Å². The van der Waals surface area contributed by atoms with E-state index in [2.05, 4.69) is 22.7 Å². The number of anilines is 2. The fourth-order valence-electron chi connectivity index (χ4n) is 4.50. The molecule has 3 N–H and O–H groups in total. The van der Waals surface area contributed by atoms with Gasteiger partial charge >= 0.3 is 17.6 Å². The van der Waals surface area contributed by atoms with Gasteiger partial charge in [0.2, 0.25) is 5.75 Å². The van der Waals surface area contributed by atoms with Crippen molar-refractivity contribution in [2.45, 2.75) is 78.1 Å². The minimum absolute atomic E-state index is 0.0406. The number of unbranched alkanes of at least 4 members (excludes halogenated alkanes) is 9. The molecular formula is C31H38Cl4N4O5. The van der Waals surface area contributed by atoms with Crippen LogP contribution in [0.5, 0.6) is 5.75 Å². The molecule has 1 aromatic heterocycles. The van der Waals surface area contributed by atoms with Gasteiger partial charge in [-0.05, 0) is 43.7 Å². The summed E-state index contributed by atoms with van der Waals surface area (Å²) in [5.41, 5.74) is -0.178. The Balaban J connectivity index is 1.70. The Hall–Kier alpha value is -2.85. The molecule has 2 aromatic carbocycles. The van der Waals surface area contributed by atoms with Crippen molar-refractivity contribution in [3.05, 3.63) is 66.3 Å². The summed E-state index contributed by atoms with van der Waals surface area (Å²) in [6.07, 6.45) is 10.9. The van der Waals surface area contributed by atoms with Crippen LogP contribution in [0.3, 0.4) is 0 Å². The van der Waals surface area contributed by atoms with Gasteiger partial charge in [0.15, 0.2) is 5.82 Å². The highest BCUT2D eigenvalue weighted by atomic mass is 35.5. The number of rotatable bonds is 17. The molecule has 3 aromatic rings. The standard InChI is InChI=1S/C31H38Cl4N4O5/c1-3-5-6-7-8-9-10-11-12-13-16-43-30(41)20-14-15-22(33)25(17-20)37-28-27(44-31(42)36-4-2)29(40)39(38-28)26-23(34)18-21(32)19-24(26)35/h14-15,17-19,37-38H,3-13,16H2,1-2H3,(H,36,42). The lowest BCUT2D eigenvalue weighted by Crippen LogP contribution is -2.28. The number of nitrogens with zero attached hydrogens (tertiary/aromatic N) is 1. The summed E-state index contributed by atoms with van der Waals surface area (Å²) < 4.78 is 11.8. The SMILES string of the molecule is CCCCCCCCCCCCOC(=O)c1ccc(Cl)c(Nc2[nH]n(-c3c(Cl)cc(Cl)cc3Cl)c(=O)c2OC(=O)NCC)c1. The number of aromatic amines is 1. The maximum absolute atomic E-state index is 13.4. The molecule has 0 atom stereocenters. The van der Waals surface area contributed by atoms with Crippen molar-refractivity contribution in [2.24, 2.45) is 0 Å². The first kappa shape index (κ1) is 35.6. The molecule has 0 aliphatic carbocycles. The minimum Gasteiger partial charge on any atom is -0.462 e. The zero-order valence-corrected chi connectivity index (χ0v) is 27.9. The number of carbonyl (C=O) groups excluding carboxylic acids is 2. The maximum atomic E-state index is 13.4. The molecule has 13 heteroatoms. The second-order valence-corrected chi connectivity index (χ2v) is 11.9. The summed E-state index contributed by atoms with van der Waals surface area (Å²) in [7, 11) is 0. The summed E-state index contributed by atoms with van der Waals surface area (Å²) >= 11 is 25.1. The average molecular weight is 688 g/mol. The molecule has 0 bridgehead atoms. The molecule has 0 aliphatic heterocycles. The lowest BCUT2D eigenvalue weighted by Gasteiger charge is -2.11. The Morgan fingerprint density at radius 1 is 0.841 bits per heavy atom. The molecule has 0 radical (unpaired) electrons. The maximum Gasteiger partial charge on any atom is 0.412 e. The first-order valence-electron chi connectivity index (χ1n) is 14.9. The molecule has 0 aliphatic rings. The highest BCUT2D eigenvalue weighted by molar-refractivity contribution is 6.40. The summed E-state index contributed by atoms with van der Waals surface area (Å²) in [4.78, 5) is 38.4. The number of benzene rings is 2. The lowest BCUT2D eigenvalue weighted by molar-refractivity contribution is 0.0497. The monoisotopic (exact) mass is 686 g/mol. The molecule has 9 nitrogen and oxygen atoms in total. The number of esters is 1. The third-order valence-electron chi connectivity index (χ3n) is 6.76. The third kappa shape index (κ3) is 10.4. The van der Waals surface area contributed by atoms with Gasteiger partial charge in [0.05, 0.1) is 32.9 Å². The van der Waals surface area contributed by atoms with Crippen molar-refractivity contribution in [1.82, 2.24) is 15.1 Å². The van der Waals surface area contributed by atoms with E-state index < -0.39 is 17.6 Å². The van der Waals surface area contributed by atoms with Crippen LogP contribution in [-0.4, -0.2) is 35.0 Å². The fraction of sp³-hybridized carbons (Fsp3) is 0.452. The van der Waals surface area contributed by atoms with Crippen molar-refractivity contribution < 1.29 is 19.1 Å². The van der Waals surface area contributed by atoms with E-state index in [-0.39, 0.29) is 55.1 Å². The average Bonchev–Trinajstić information content (AvgIpc) is 3.26. The van der Waals surface area contributed by atoms with E-state index in [1.54, 1.807) is 13.0 Å². The molecule has 0 fully saturated rings. The van der Waals surface area contributed by atoms with Gasteiger partial charge in [0, 0.05) is 11.6 Å². The number of hydrogen-bond donors (Lipinski definition) is 3. The quantitative estimate of drug-likeness (QED) is 0.0962. The van der Waals surface area contributed by atoms with Crippen LogP contribution < -0.4 is 20.9 Å². The van der Waals surface area contributed by atoms with Crippen molar-refractivity contribution in [3.8, 4) is 11.4 Å². The summed E-state index contributed by atoms with van der Waals surface area (Å²) in [5.74, 6) is -0.936. The van der Waals surface area contributed by atoms with E-state index in [4.69, 9.17) is 55.9 Å². The zero-order chi connectivity index (χ0) is 32.1. The predicted octanol–water partition coefficient (Wildman–Crippen LogP) is 9.71. The lowest BCUT2D eigenvalue weighted by atomic mass is 10.1. The molecular weight excluding hydrogens is 650 g/mol. The Bertz CT molecular complexity index is 1450. The Morgan fingerprint density at radius 3 is 2.07 bits per heavy atom. The van der Waals surface area contributed by atoms with Gasteiger partial charge in [-0.1, -0.05) is 111 Å². The van der Waals surface area contributed by atoms with Gasteiger partial charge in [0.25, 0.3) is 0 Å². The van der Waals surface area contributed by atoms with Crippen LogP contribution >= 0.6 is 46.4 Å². The molecule has 44 heavy (non-hydrogen) atoms. The Labute approximate surface area is 277 Å². The van der Waals surface area contributed by atoms with Crippen LogP contribution in [0.2, 0.25) is 20.1 Å².